The van der Waals surface area contributed by atoms with Gasteiger partial charge in [-0.3, -0.25) is 4.79 Å². The SMILES string of the molecule is COc1cccc(NCC(=O)N/N=C(/C)c2ccc(C(C)C)cc2)c1. The quantitative estimate of drug-likeness (QED) is 0.596. The van der Waals surface area contributed by atoms with E-state index in [1.165, 1.54) is 5.56 Å². The number of nitrogens with one attached hydrogen (secondary N) is 2. The van der Waals surface area contributed by atoms with Gasteiger partial charge in [-0.25, -0.2) is 5.43 Å². The molecule has 0 unspecified atom stereocenters. The third-order valence-corrected chi connectivity index (χ3v) is 3.87. The Morgan fingerprint density at radius 3 is 2.52 bits per heavy atom. The molecule has 5 nitrogen and oxygen atoms in total. The molecule has 0 aliphatic carbocycles. The van der Waals surface area contributed by atoms with Gasteiger partial charge < -0.3 is 10.1 Å². The molecular weight excluding hydrogens is 314 g/mol. The molecule has 0 aliphatic heterocycles. The van der Waals surface area contributed by atoms with Gasteiger partial charge in [-0.1, -0.05) is 44.2 Å². The number of ether oxygens (including phenoxy) is 1. The van der Waals surface area contributed by atoms with Gasteiger partial charge in [-0.05, 0) is 36.1 Å². The molecule has 2 aromatic rings. The molecule has 2 aromatic carbocycles. The Balaban J connectivity index is 1.88. The molecule has 132 valence electrons. The molecule has 0 bridgehead atoms. The summed E-state index contributed by atoms with van der Waals surface area (Å²) in [4.78, 5) is 11.9. The van der Waals surface area contributed by atoms with E-state index < -0.39 is 0 Å². The lowest BCUT2D eigenvalue weighted by Crippen LogP contribution is -2.26. The smallest absolute Gasteiger partial charge is 0.259 e. The second-order valence-corrected chi connectivity index (χ2v) is 6.09. The summed E-state index contributed by atoms with van der Waals surface area (Å²) in [5, 5.41) is 7.21. The Hall–Kier alpha value is -2.82. The Morgan fingerprint density at radius 1 is 1.16 bits per heavy atom. The maximum atomic E-state index is 11.9. The molecule has 25 heavy (non-hydrogen) atoms. The minimum atomic E-state index is -0.207. The van der Waals surface area contributed by atoms with E-state index in [9.17, 15) is 4.79 Å². The van der Waals surface area contributed by atoms with E-state index in [1.807, 2.05) is 43.3 Å². The second-order valence-electron chi connectivity index (χ2n) is 6.09. The van der Waals surface area contributed by atoms with Crippen LogP contribution in [0.25, 0.3) is 0 Å². The van der Waals surface area contributed by atoms with Crippen molar-refractivity contribution in [1.82, 2.24) is 5.43 Å². The van der Waals surface area contributed by atoms with Gasteiger partial charge in [-0.2, -0.15) is 5.10 Å². The van der Waals surface area contributed by atoms with Crippen molar-refractivity contribution in [3.05, 3.63) is 59.7 Å². The summed E-state index contributed by atoms with van der Waals surface area (Å²) >= 11 is 0. The Labute approximate surface area is 149 Å². The molecule has 0 radical (unpaired) electrons. The van der Waals surface area contributed by atoms with Crippen molar-refractivity contribution >= 4 is 17.3 Å². The molecule has 5 heteroatoms. The minimum Gasteiger partial charge on any atom is -0.497 e. The molecule has 0 saturated heterocycles. The van der Waals surface area contributed by atoms with Crippen molar-refractivity contribution < 1.29 is 9.53 Å². The highest BCUT2D eigenvalue weighted by Crippen LogP contribution is 2.16. The number of nitrogens with zero attached hydrogens (tertiary/aromatic N) is 1. The first kappa shape index (κ1) is 18.5. The predicted octanol–water partition coefficient (Wildman–Crippen LogP) is 3.77. The summed E-state index contributed by atoms with van der Waals surface area (Å²) in [6.07, 6.45) is 0. The fraction of sp³-hybridized carbons (Fsp3) is 0.300. The zero-order chi connectivity index (χ0) is 18.2. The molecule has 0 saturated carbocycles. The van der Waals surface area contributed by atoms with Crippen molar-refractivity contribution in [2.45, 2.75) is 26.7 Å². The normalized spacial score (nSPS) is 11.3. The fourth-order valence-corrected chi connectivity index (χ4v) is 2.27. The second kappa shape index (κ2) is 8.87. The van der Waals surface area contributed by atoms with Crippen LogP contribution in [0, 0.1) is 0 Å². The number of carbonyl (C=O) groups is 1. The minimum absolute atomic E-state index is 0.135. The van der Waals surface area contributed by atoms with E-state index in [1.54, 1.807) is 7.11 Å². The standard InChI is InChI=1S/C20H25N3O2/c1-14(2)16-8-10-17(11-9-16)15(3)22-23-20(24)13-21-18-6-5-7-19(12-18)25-4/h5-12,14,21H,13H2,1-4H3,(H,23,24)/b22-15-. The summed E-state index contributed by atoms with van der Waals surface area (Å²) in [5.41, 5.74) is 6.43. The van der Waals surface area contributed by atoms with E-state index in [2.05, 4.69) is 41.8 Å². The van der Waals surface area contributed by atoms with Crippen LogP contribution in [0.1, 0.15) is 37.8 Å². The number of hydrogen-bond donors (Lipinski definition) is 2. The third-order valence-electron chi connectivity index (χ3n) is 3.87. The zero-order valence-corrected chi connectivity index (χ0v) is 15.2. The van der Waals surface area contributed by atoms with Gasteiger partial charge in [0.2, 0.25) is 0 Å². The third kappa shape index (κ3) is 5.64. The van der Waals surface area contributed by atoms with Crippen LogP contribution < -0.4 is 15.5 Å². The lowest BCUT2D eigenvalue weighted by Gasteiger charge is -2.08. The van der Waals surface area contributed by atoms with Gasteiger partial charge in [0, 0.05) is 11.8 Å². The Bertz CT molecular complexity index is 737. The van der Waals surface area contributed by atoms with Gasteiger partial charge in [-0.15, -0.1) is 0 Å². The highest BCUT2D eigenvalue weighted by atomic mass is 16.5. The number of hydrogen-bond acceptors (Lipinski definition) is 4. The van der Waals surface area contributed by atoms with Crippen LogP contribution in [0.2, 0.25) is 0 Å². The number of carbonyl (C=O) groups excluding carboxylic acids is 1. The van der Waals surface area contributed by atoms with Crippen LogP contribution in [0.3, 0.4) is 0 Å². The predicted molar refractivity (Wildman–Crippen MR) is 102 cm³/mol. The number of methoxy groups -OCH3 is 1. The first-order valence-corrected chi connectivity index (χ1v) is 8.31. The largest absolute Gasteiger partial charge is 0.497 e. The lowest BCUT2D eigenvalue weighted by atomic mass is 10.0. The first-order valence-electron chi connectivity index (χ1n) is 8.31. The molecule has 2 rings (SSSR count). The Morgan fingerprint density at radius 2 is 1.88 bits per heavy atom. The average Bonchev–Trinajstić information content (AvgIpc) is 2.64. The molecule has 0 atom stereocenters. The molecule has 0 heterocycles. The van der Waals surface area contributed by atoms with Crippen molar-refractivity contribution in [1.29, 1.82) is 0 Å². The number of benzene rings is 2. The summed E-state index contributed by atoms with van der Waals surface area (Å²) in [6, 6.07) is 15.6. The highest BCUT2D eigenvalue weighted by Gasteiger charge is 2.04. The van der Waals surface area contributed by atoms with Gasteiger partial charge in [0.15, 0.2) is 0 Å². The van der Waals surface area contributed by atoms with Crippen molar-refractivity contribution in [2.24, 2.45) is 5.10 Å². The monoisotopic (exact) mass is 339 g/mol. The fourth-order valence-electron chi connectivity index (χ4n) is 2.27. The van der Waals surface area contributed by atoms with Gasteiger partial charge in [0.25, 0.3) is 5.91 Å². The van der Waals surface area contributed by atoms with Crippen LogP contribution in [0.4, 0.5) is 5.69 Å². The number of amides is 1. The van der Waals surface area contributed by atoms with E-state index in [0.29, 0.717) is 5.92 Å². The molecule has 1 amide bonds. The molecule has 0 spiro atoms. The van der Waals surface area contributed by atoms with E-state index in [0.717, 1.165) is 22.7 Å². The Kier molecular flexibility index (Phi) is 6.57. The molecule has 2 N–H and O–H groups in total. The van der Waals surface area contributed by atoms with Crippen LogP contribution in [0.5, 0.6) is 5.75 Å². The van der Waals surface area contributed by atoms with Crippen molar-refractivity contribution in [2.75, 3.05) is 19.0 Å². The number of rotatable bonds is 7. The van der Waals surface area contributed by atoms with Crippen LogP contribution in [-0.4, -0.2) is 25.3 Å². The van der Waals surface area contributed by atoms with Gasteiger partial charge >= 0.3 is 0 Å². The first-order chi connectivity index (χ1) is 12.0. The molecule has 0 fully saturated rings. The van der Waals surface area contributed by atoms with E-state index in [4.69, 9.17) is 4.74 Å². The summed E-state index contributed by atoms with van der Waals surface area (Å²) in [7, 11) is 1.61. The van der Waals surface area contributed by atoms with Crippen molar-refractivity contribution in [3.8, 4) is 5.75 Å². The maximum absolute atomic E-state index is 11.9. The van der Waals surface area contributed by atoms with Crippen molar-refractivity contribution in [3.63, 3.8) is 0 Å². The van der Waals surface area contributed by atoms with Gasteiger partial charge in [0.1, 0.15) is 5.75 Å². The number of hydrazone groups is 1. The van der Waals surface area contributed by atoms with Crippen LogP contribution in [0.15, 0.2) is 53.6 Å². The maximum Gasteiger partial charge on any atom is 0.259 e. The molecule has 0 aromatic heterocycles. The summed E-state index contributed by atoms with van der Waals surface area (Å²) in [5.74, 6) is 1.03. The van der Waals surface area contributed by atoms with E-state index in [-0.39, 0.29) is 12.5 Å². The number of anilines is 1. The zero-order valence-electron chi connectivity index (χ0n) is 15.2. The molecular formula is C20H25N3O2. The average molecular weight is 339 g/mol. The summed E-state index contributed by atoms with van der Waals surface area (Å²) < 4.78 is 5.15. The van der Waals surface area contributed by atoms with E-state index >= 15 is 0 Å². The topological polar surface area (TPSA) is 62.7 Å². The lowest BCUT2D eigenvalue weighted by molar-refractivity contribution is -0.119. The molecule has 0 aliphatic rings. The van der Waals surface area contributed by atoms with Crippen LogP contribution in [-0.2, 0) is 4.79 Å². The summed E-state index contributed by atoms with van der Waals surface area (Å²) in [6.45, 7) is 6.33. The van der Waals surface area contributed by atoms with Gasteiger partial charge in [0.05, 0.1) is 19.4 Å². The highest BCUT2D eigenvalue weighted by molar-refractivity contribution is 5.99. The van der Waals surface area contributed by atoms with Crippen LogP contribution >= 0.6 is 0 Å².